The number of rotatable bonds is 5. The second kappa shape index (κ2) is 7.78. The Balaban J connectivity index is 1.71. The Bertz CT molecular complexity index is 910. The zero-order chi connectivity index (χ0) is 18.5. The molecule has 1 heterocycles. The Labute approximate surface area is 151 Å². The molecule has 26 heavy (non-hydrogen) atoms. The van der Waals surface area contributed by atoms with Crippen LogP contribution in [0.4, 0.5) is 4.39 Å². The molecular weight excluding hydrogens is 331 g/mol. The number of amides is 1. The van der Waals surface area contributed by atoms with Gasteiger partial charge in [-0.2, -0.15) is 4.39 Å². The lowest BCUT2D eigenvalue weighted by molar-refractivity contribution is 0.0940. The molecule has 0 aliphatic carbocycles. The first-order valence-electron chi connectivity index (χ1n) is 8.23. The maximum atomic E-state index is 13.2. The van der Waals surface area contributed by atoms with Crippen LogP contribution in [-0.4, -0.2) is 18.0 Å². The molecule has 0 bridgehead atoms. The first-order valence-corrected chi connectivity index (χ1v) is 8.23. The van der Waals surface area contributed by atoms with Crippen LogP contribution in [-0.2, 0) is 0 Å². The fraction of sp³-hybridized carbons (Fsp3) is 0.143. The van der Waals surface area contributed by atoms with Crippen molar-refractivity contribution in [3.8, 4) is 16.9 Å². The summed E-state index contributed by atoms with van der Waals surface area (Å²) >= 11 is 0. The predicted molar refractivity (Wildman–Crippen MR) is 98.5 cm³/mol. The minimum absolute atomic E-state index is 0.161. The van der Waals surface area contributed by atoms with Crippen LogP contribution in [0.1, 0.15) is 28.9 Å². The third-order valence-electron chi connectivity index (χ3n) is 4.15. The highest BCUT2D eigenvalue weighted by Crippen LogP contribution is 2.21. The van der Waals surface area contributed by atoms with E-state index >= 15 is 0 Å². The van der Waals surface area contributed by atoms with Crippen LogP contribution in [0.3, 0.4) is 0 Å². The molecular formula is C21H19FN2O2. The van der Waals surface area contributed by atoms with Crippen LogP contribution < -0.4 is 10.1 Å². The summed E-state index contributed by atoms with van der Waals surface area (Å²) in [7, 11) is 1.61. The van der Waals surface area contributed by atoms with Crippen LogP contribution in [0.5, 0.6) is 5.75 Å². The molecule has 1 atom stereocenters. The van der Waals surface area contributed by atoms with E-state index in [0.29, 0.717) is 11.1 Å². The number of halogens is 1. The van der Waals surface area contributed by atoms with Gasteiger partial charge in [-0.1, -0.05) is 24.3 Å². The van der Waals surface area contributed by atoms with Crippen molar-refractivity contribution in [3.05, 3.63) is 83.9 Å². The van der Waals surface area contributed by atoms with Gasteiger partial charge in [0.15, 0.2) is 0 Å². The standard InChI is InChI=1S/C21H19FN2O2/c1-14(17-4-3-5-19(12-17)26-2)24-21(25)16-8-6-15(7-9-16)18-10-11-23-20(22)13-18/h3-14H,1-2H3,(H,24,25). The smallest absolute Gasteiger partial charge is 0.251 e. The van der Waals surface area contributed by atoms with Crippen molar-refractivity contribution in [2.75, 3.05) is 7.11 Å². The fourth-order valence-corrected chi connectivity index (χ4v) is 2.67. The summed E-state index contributed by atoms with van der Waals surface area (Å²) in [6.45, 7) is 1.92. The lowest BCUT2D eigenvalue weighted by atomic mass is 10.0. The molecule has 1 unspecified atom stereocenters. The second-order valence-corrected chi connectivity index (χ2v) is 5.92. The van der Waals surface area contributed by atoms with Gasteiger partial charge in [0.05, 0.1) is 13.2 Å². The summed E-state index contributed by atoms with van der Waals surface area (Å²) in [5.41, 5.74) is 3.04. The van der Waals surface area contributed by atoms with E-state index < -0.39 is 5.95 Å². The molecule has 0 aliphatic heterocycles. The topological polar surface area (TPSA) is 51.2 Å². The molecule has 3 rings (SSSR count). The van der Waals surface area contributed by atoms with Gasteiger partial charge in [-0.05, 0) is 53.9 Å². The molecule has 2 aromatic carbocycles. The highest BCUT2D eigenvalue weighted by Gasteiger charge is 2.12. The van der Waals surface area contributed by atoms with Gasteiger partial charge in [-0.15, -0.1) is 0 Å². The largest absolute Gasteiger partial charge is 0.497 e. The molecule has 0 fully saturated rings. The van der Waals surface area contributed by atoms with Gasteiger partial charge in [-0.3, -0.25) is 4.79 Å². The molecule has 0 radical (unpaired) electrons. The Kier molecular flexibility index (Phi) is 5.27. The zero-order valence-electron chi connectivity index (χ0n) is 14.6. The number of aromatic nitrogens is 1. The van der Waals surface area contributed by atoms with E-state index in [4.69, 9.17) is 4.74 Å². The van der Waals surface area contributed by atoms with E-state index in [1.807, 2.05) is 31.2 Å². The number of hydrogen-bond donors (Lipinski definition) is 1. The zero-order valence-corrected chi connectivity index (χ0v) is 14.6. The van der Waals surface area contributed by atoms with Crippen molar-refractivity contribution >= 4 is 5.91 Å². The molecule has 132 valence electrons. The number of hydrogen-bond acceptors (Lipinski definition) is 3. The van der Waals surface area contributed by atoms with Crippen LogP contribution in [0.15, 0.2) is 66.9 Å². The summed E-state index contributed by atoms with van der Waals surface area (Å²) < 4.78 is 18.4. The number of carbonyl (C=O) groups is 1. The third-order valence-corrected chi connectivity index (χ3v) is 4.15. The van der Waals surface area contributed by atoms with Gasteiger partial charge in [-0.25, -0.2) is 4.98 Å². The Hall–Kier alpha value is -3.21. The monoisotopic (exact) mass is 350 g/mol. The average molecular weight is 350 g/mol. The van der Waals surface area contributed by atoms with Gasteiger partial charge < -0.3 is 10.1 Å². The summed E-state index contributed by atoms with van der Waals surface area (Å²) in [5.74, 6) is 0.0433. The lowest BCUT2D eigenvalue weighted by Crippen LogP contribution is -2.26. The van der Waals surface area contributed by atoms with Gasteiger partial charge in [0, 0.05) is 17.8 Å². The van der Waals surface area contributed by atoms with E-state index in [2.05, 4.69) is 10.3 Å². The minimum atomic E-state index is -0.531. The summed E-state index contributed by atoms with van der Waals surface area (Å²) in [4.78, 5) is 16.0. The maximum Gasteiger partial charge on any atom is 0.251 e. The van der Waals surface area contributed by atoms with Crippen LogP contribution in [0, 0.1) is 5.95 Å². The third kappa shape index (κ3) is 4.06. The second-order valence-electron chi connectivity index (χ2n) is 5.92. The van der Waals surface area contributed by atoms with Gasteiger partial charge >= 0.3 is 0 Å². The van der Waals surface area contributed by atoms with E-state index in [1.165, 1.54) is 12.3 Å². The predicted octanol–water partition coefficient (Wildman–Crippen LogP) is 4.39. The van der Waals surface area contributed by atoms with Crippen LogP contribution >= 0.6 is 0 Å². The molecule has 0 saturated heterocycles. The molecule has 1 aromatic heterocycles. The molecule has 1 amide bonds. The van der Waals surface area contributed by atoms with Crippen LogP contribution in [0.25, 0.3) is 11.1 Å². The van der Waals surface area contributed by atoms with Crippen LogP contribution in [0.2, 0.25) is 0 Å². The molecule has 4 nitrogen and oxygen atoms in total. The number of carbonyl (C=O) groups excluding carboxylic acids is 1. The van der Waals surface area contributed by atoms with Crippen molar-refractivity contribution in [2.24, 2.45) is 0 Å². The van der Waals surface area contributed by atoms with Crippen molar-refractivity contribution in [1.29, 1.82) is 0 Å². The molecule has 3 aromatic rings. The number of ether oxygens (including phenoxy) is 1. The lowest BCUT2D eigenvalue weighted by Gasteiger charge is -2.15. The fourth-order valence-electron chi connectivity index (χ4n) is 2.67. The minimum Gasteiger partial charge on any atom is -0.497 e. The molecule has 1 N–H and O–H groups in total. The number of benzene rings is 2. The Morgan fingerprint density at radius 3 is 2.54 bits per heavy atom. The van der Waals surface area contributed by atoms with E-state index in [0.717, 1.165) is 16.9 Å². The van der Waals surface area contributed by atoms with E-state index in [9.17, 15) is 9.18 Å². The highest BCUT2D eigenvalue weighted by atomic mass is 19.1. The SMILES string of the molecule is COc1cccc(C(C)NC(=O)c2ccc(-c3ccnc(F)c3)cc2)c1. The maximum absolute atomic E-state index is 13.2. The summed E-state index contributed by atoms with van der Waals surface area (Å²) in [5, 5.41) is 2.97. The van der Waals surface area contributed by atoms with Crippen molar-refractivity contribution in [3.63, 3.8) is 0 Å². The number of nitrogens with one attached hydrogen (secondary N) is 1. The van der Waals surface area contributed by atoms with Crippen molar-refractivity contribution < 1.29 is 13.9 Å². The number of nitrogens with zero attached hydrogens (tertiary/aromatic N) is 1. The first kappa shape index (κ1) is 17.6. The Morgan fingerprint density at radius 1 is 1.08 bits per heavy atom. The molecule has 0 saturated carbocycles. The van der Waals surface area contributed by atoms with Crippen molar-refractivity contribution in [1.82, 2.24) is 10.3 Å². The van der Waals surface area contributed by atoms with E-state index in [1.54, 1.807) is 37.4 Å². The van der Waals surface area contributed by atoms with E-state index in [-0.39, 0.29) is 11.9 Å². The van der Waals surface area contributed by atoms with Gasteiger partial charge in [0.1, 0.15) is 5.75 Å². The molecule has 0 spiro atoms. The average Bonchev–Trinajstić information content (AvgIpc) is 2.68. The highest BCUT2D eigenvalue weighted by molar-refractivity contribution is 5.94. The number of methoxy groups -OCH3 is 1. The summed E-state index contributed by atoms with van der Waals surface area (Å²) in [6.07, 6.45) is 1.42. The molecule has 0 aliphatic rings. The van der Waals surface area contributed by atoms with Gasteiger partial charge in [0.25, 0.3) is 5.91 Å². The summed E-state index contributed by atoms with van der Waals surface area (Å²) in [6, 6.07) is 17.5. The number of pyridine rings is 1. The quantitative estimate of drug-likeness (QED) is 0.695. The molecule has 5 heteroatoms. The van der Waals surface area contributed by atoms with Gasteiger partial charge in [0.2, 0.25) is 5.95 Å². The normalized spacial score (nSPS) is 11.7. The van der Waals surface area contributed by atoms with Crippen molar-refractivity contribution in [2.45, 2.75) is 13.0 Å². The Morgan fingerprint density at radius 2 is 1.85 bits per heavy atom. The first-order chi connectivity index (χ1) is 12.6.